The summed E-state index contributed by atoms with van der Waals surface area (Å²) >= 11 is 6.03. The standard InChI is InChI=1S/C16H23ClN2O6S/c1-16(2,3)25-15(20)19-6-7-23-11(9-19)10-24-14-5-4-12(8-13(14)17)26(18,21)22/h4-5,8,11H,6-7,9-10H2,1-3H3,(H2,18,21,22)/t11-/m0/s1. The van der Waals surface area contributed by atoms with Crippen LogP contribution in [0.15, 0.2) is 23.1 Å². The molecule has 1 amide bonds. The van der Waals surface area contributed by atoms with Crippen LogP contribution in [0.5, 0.6) is 5.75 Å². The van der Waals surface area contributed by atoms with Crippen LogP contribution in [0.3, 0.4) is 0 Å². The first-order chi connectivity index (χ1) is 12.0. The number of nitrogens with two attached hydrogens (primary N) is 1. The number of hydrogen-bond acceptors (Lipinski definition) is 6. The lowest BCUT2D eigenvalue weighted by Crippen LogP contribution is -2.49. The van der Waals surface area contributed by atoms with Gasteiger partial charge in [0, 0.05) is 6.54 Å². The fraction of sp³-hybridized carbons (Fsp3) is 0.562. The number of nitrogens with zero attached hydrogens (tertiary/aromatic N) is 1. The average molecular weight is 407 g/mol. The zero-order valence-electron chi connectivity index (χ0n) is 14.9. The third kappa shape index (κ3) is 6.01. The van der Waals surface area contributed by atoms with Crippen molar-refractivity contribution in [3.63, 3.8) is 0 Å². The van der Waals surface area contributed by atoms with E-state index < -0.39 is 21.7 Å². The van der Waals surface area contributed by atoms with Gasteiger partial charge < -0.3 is 19.1 Å². The predicted octanol–water partition coefficient (Wildman–Crippen LogP) is 2.00. The van der Waals surface area contributed by atoms with Crippen LogP contribution in [0.25, 0.3) is 0 Å². The lowest BCUT2D eigenvalue weighted by Gasteiger charge is -2.34. The van der Waals surface area contributed by atoms with Crippen LogP contribution in [-0.4, -0.2) is 57.4 Å². The van der Waals surface area contributed by atoms with Gasteiger partial charge in [0.05, 0.1) is 23.1 Å². The average Bonchev–Trinajstić information content (AvgIpc) is 2.51. The Kier molecular flexibility index (Phi) is 6.38. The molecule has 1 aromatic carbocycles. The van der Waals surface area contributed by atoms with Gasteiger partial charge in [-0.15, -0.1) is 0 Å². The van der Waals surface area contributed by atoms with Crippen molar-refractivity contribution in [2.75, 3.05) is 26.3 Å². The van der Waals surface area contributed by atoms with Crippen LogP contribution in [-0.2, 0) is 19.5 Å². The summed E-state index contributed by atoms with van der Waals surface area (Å²) in [6.45, 7) is 6.69. The van der Waals surface area contributed by atoms with Crippen molar-refractivity contribution in [3.8, 4) is 5.75 Å². The van der Waals surface area contributed by atoms with E-state index in [9.17, 15) is 13.2 Å². The number of carbonyl (C=O) groups is 1. The lowest BCUT2D eigenvalue weighted by molar-refractivity contribution is -0.0557. The zero-order chi connectivity index (χ0) is 19.5. The van der Waals surface area contributed by atoms with E-state index in [4.69, 9.17) is 31.0 Å². The Hall–Kier alpha value is -1.55. The molecule has 1 fully saturated rings. The Morgan fingerprint density at radius 3 is 2.69 bits per heavy atom. The number of rotatable bonds is 4. The van der Waals surface area contributed by atoms with Crippen LogP contribution in [0.4, 0.5) is 4.79 Å². The van der Waals surface area contributed by atoms with E-state index in [1.807, 2.05) is 0 Å². The van der Waals surface area contributed by atoms with Gasteiger partial charge in [0.1, 0.15) is 24.1 Å². The molecule has 10 heteroatoms. The molecule has 0 unspecified atom stereocenters. The molecule has 1 aliphatic heterocycles. The number of hydrogen-bond donors (Lipinski definition) is 1. The van der Waals surface area contributed by atoms with Crippen LogP contribution in [0.2, 0.25) is 5.02 Å². The molecule has 8 nitrogen and oxygen atoms in total. The van der Waals surface area contributed by atoms with E-state index in [0.29, 0.717) is 25.4 Å². The van der Waals surface area contributed by atoms with Crippen LogP contribution >= 0.6 is 11.6 Å². The number of amides is 1. The van der Waals surface area contributed by atoms with Gasteiger partial charge in [0.25, 0.3) is 0 Å². The molecule has 0 saturated carbocycles. The molecule has 1 heterocycles. The Morgan fingerprint density at radius 1 is 1.42 bits per heavy atom. The molecule has 0 spiro atoms. The van der Waals surface area contributed by atoms with E-state index >= 15 is 0 Å². The Balaban J connectivity index is 1.94. The SMILES string of the molecule is CC(C)(C)OC(=O)N1CCO[C@H](COc2ccc(S(N)(=O)=O)cc2Cl)C1. The molecule has 1 atom stereocenters. The van der Waals surface area contributed by atoms with Crippen molar-refractivity contribution in [2.24, 2.45) is 5.14 Å². The predicted molar refractivity (Wildman–Crippen MR) is 95.9 cm³/mol. The largest absolute Gasteiger partial charge is 0.489 e. The first-order valence-electron chi connectivity index (χ1n) is 8.00. The Morgan fingerprint density at radius 2 is 2.12 bits per heavy atom. The summed E-state index contributed by atoms with van der Waals surface area (Å²) in [6, 6.07) is 3.96. The maximum Gasteiger partial charge on any atom is 0.410 e. The summed E-state index contributed by atoms with van der Waals surface area (Å²) in [6.07, 6.45) is -0.758. The maximum atomic E-state index is 12.1. The number of benzene rings is 1. The van der Waals surface area contributed by atoms with Crippen LogP contribution < -0.4 is 9.88 Å². The van der Waals surface area contributed by atoms with Crippen LogP contribution in [0, 0.1) is 0 Å². The van der Waals surface area contributed by atoms with Gasteiger partial charge >= 0.3 is 6.09 Å². The summed E-state index contributed by atoms with van der Waals surface area (Å²) in [5.41, 5.74) is -0.569. The minimum atomic E-state index is -3.83. The minimum absolute atomic E-state index is 0.0973. The van der Waals surface area contributed by atoms with Crippen LogP contribution in [0.1, 0.15) is 20.8 Å². The smallest absolute Gasteiger partial charge is 0.410 e. The van der Waals surface area contributed by atoms with Gasteiger partial charge in [-0.1, -0.05) is 11.6 Å². The molecule has 2 N–H and O–H groups in total. The number of carbonyl (C=O) groups excluding carboxylic acids is 1. The number of sulfonamides is 1. The Labute approximate surface area is 158 Å². The monoisotopic (exact) mass is 406 g/mol. The lowest BCUT2D eigenvalue weighted by atomic mass is 10.2. The van der Waals surface area contributed by atoms with Gasteiger partial charge in [-0.05, 0) is 39.0 Å². The molecule has 0 bridgehead atoms. The maximum absolute atomic E-state index is 12.1. The van der Waals surface area contributed by atoms with Gasteiger partial charge in [-0.25, -0.2) is 18.4 Å². The summed E-state index contributed by atoms with van der Waals surface area (Å²) in [5.74, 6) is 0.303. The second-order valence-corrected chi connectivity index (χ2v) is 8.84. The van der Waals surface area contributed by atoms with E-state index in [0.717, 1.165) is 0 Å². The summed E-state index contributed by atoms with van der Waals surface area (Å²) in [5, 5.41) is 5.18. The second kappa shape index (κ2) is 7.99. The minimum Gasteiger partial charge on any atom is -0.489 e. The van der Waals surface area contributed by atoms with E-state index in [2.05, 4.69) is 0 Å². The highest BCUT2D eigenvalue weighted by Gasteiger charge is 2.28. The molecular weight excluding hydrogens is 384 g/mol. The van der Waals surface area contributed by atoms with Gasteiger partial charge in [0.15, 0.2) is 0 Å². The fourth-order valence-electron chi connectivity index (χ4n) is 2.27. The van der Waals surface area contributed by atoms with Crippen molar-refractivity contribution >= 4 is 27.7 Å². The van der Waals surface area contributed by atoms with E-state index in [1.165, 1.54) is 18.2 Å². The zero-order valence-corrected chi connectivity index (χ0v) is 16.5. The van der Waals surface area contributed by atoms with E-state index in [1.54, 1.807) is 25.7 Å². The number of morpholine rings is 1. The highest BCUT2D eigenvalue weighted by molar-refractivity contribution is 7.89. The first-order valence-corrected chi connectivity index (χ1v) is 9.93. The van der Waals surface area contributed by atoms with Gasteiger partial charge in [-0.2, -0.15) is 0 Å². The number of ether oxygens (including phenoxy) is 3. The van der Waals surface area contributed by atoms with Gasteiger partial charge in [0.2, 0.25) is 10.0 Å². The molecule has 0 aliphatic carbocycles. The summed E-state index contributed by atoms with van der Waals surface area (Å²) in [7, 11) is -3.83. The molecule has 1 saturated heterocycles. The van der Waals surface area contributed by atoms with Crippen molar-refractivity contribution in [2.45, 2.75) is 37.4 Å². The fourth-order valence-corrected chi connectivity index (χ4v) is 3.11. The number of halogens is 1. The highest BCUT2D eigenvalue weighted by Crippen LogP contribution is 2.27. The quantitative estimate of drug-likeness (QED) is 0.819. The molecule has 146 valence electrons. The molecule has 0 aromatic heterocycles. The van der Waals surface area contributed by atoms with Crippen molar-refractivity contribution < 1.29 is 27.4 Å². The van der Waals surface area contributed by atoms with Crippen molar-refractivity contribution in [1.82, 2.24) is 4.90 Å². The Bertz CT molecular complexity index is 762. The van der Waals surface area contributed by atoms with E-state index in [-0.39, 0.29) is 22.6 Å². The second-order valence-electron chi connectivity index (χ2n) is 6.87. The van der Waals surface area contributed by atoms with Gasteiger partial charge in [-0.3, -0.25) is 0 Å². The number of primary sulfonamides is 1. The molecule has 26 heavy (non-hydrogen) atoms. The molecule has 1 aromatic rings. The van der Waals surface area contributed by atoms with Crippen molar-refractivity contribution in [3.05, 3.63) is 23.2 Å². The third-order valence-electron chi connectivity index (χ3n) is 3.45. The summed E-state index contributed by atoms with van der Waals surface area (Å²) in [4.78, 5) is 13.6. The highest BCUT2D eigenvalue weighted by atomic mass is 35.5. The molecule has 2 rings (SSSR count). The summed E-state index contributed by atoms with van der Waals surface area (Å²) < 4.78 is 39.2. The van der Waals surface area contributed by atoms with Crippen molar-refractivity contribution in [1.29, 1.82) is 0 Å². The third-order valence-corrected chi connectivity index (χ3v) is 4.65. The molecular formula is C16H23ClN2O6S. The normalized spacial score (nSPS) is 18.5. The molecule has 1 aliphatic rings. The molecule has 0 radical (unpaired) electrons. The topological polar surface area (TPSA) is 108 Å². The first kappa shape index (κ1) is 20.8.